The van der Waals surface area contributed by atoms with Crippen LogP contribution < -0.4 is 5.32 Å². The van der Waals surface area contributed by atoms with E-state index in [0.29, 0.717) is 84.7 Å². The molecule has 0 radical (unpaired) electrons. The van der Waals surface area contributed by atoms with Crippen LogP contribution in [0.5, 0.6) is 0 Å². The lowest BCUT2D eigenvalue weighted by atomic mass is 9.81. The maximum absolute atomic E-state index is 12.3. The van der Waals surface area contributed by atoms with Gasteiger partial charge in [-0.2, -0.15) is 0 Å². The summed E-state index contributed by atoms with van der Waals surface area (Å²) >= 11 is 0. The third-order valence-corrected chi connectivity index (χ3v) is 5.68. The first-order valence-corrected chi connectivity index (χ1v) is 11.5. The molecule has 1 aliphatic heterocycles. The number of hydrogen-bond acceptors (Lipinski definition) is 7. The van der Waals surface area contributed by atoms with Gasteiger partial charge in [0.1, 0.15) is 0 Å². The van der Waals surface area contributed by atoms with Crippen LogP contribution >= 0.6 is 0 Å². The highest BCUT2D eigenvalue weighted by atomic mass is 16.6. The van der Waals surface area contributed by atoms with Crippen molar-refractivity contribution in [2.24, 2.45) is 11.8 Å². The summed E-state index contributed by atoms with van der Waals surface area (Å²) in [6.45, 7) is 7.31. The third-order valence-electron chi connectivity index (χ3n) is 5.68. The Balaban J connectivity index is 1.41. The van der Waals surface area contributed by atoms with E-state index >= 15 is 0 Å². The second-order valence-corrected chi connectivity index (χ2v) is 7.94. The summed E-state index contributed by atoms with van der Waals surface area (Å²) in [7, 11) is 0. The molecule has 1 heterocycles. The van der Waals surface area contributed by atoms with Crippen molar-refractivity contribution < 1.29 is 33.3 Å². The minimum atomic E-state index is -0.0545. The predicted molar refractivity (Wildman–Crippen MR) is 113 cm³/mol. The predicted octanol–water partition coefficient (Wildman–Crippen LogP) is 1.14. The maximum atomic E-state index is 12.3. The quantitative estimate of drug-likeness (QED) is 0.282. The molecule has 9 nitrogen and oxygen atoms in total. The summed E-state index contributed by atoms with van der Waals surface area (Å²) in [6.07, 6.45) is 4.03. The first-order chi connectivity index (χ1) is 15.1. The second kappa shape index (κ2) is 15.3. The summed E-state index contributed by atoms with van der Waals surface area (Å²) in [5.41, 5.74) is 0. The molecule has 31 heavy (non-hydrogen) atoms. The molecule has 3 amide bonds. The number of nitrogens with zero attached hydrogens (tertiary/aromatic N) is 1. The standard InChI is InChI=1S/C22H38N2O7/c1-2-28-11-12-30-15-16-31-14-13-29-10-9-23-22(27)19-5-3-18(4-6-19)17-24-20(25)7-8-21(24)26/h18-19H,2-17H2,1H3,(H,23,27). The number of carbonyl (C=O) groups is 3. The molecule has 0 atom stereocenters. The molecule has 178 valence electrons. The van der Waals surface area contributed by atoms with Gasteiger partial charge in [0.15, 0.2) is 0 Å². The first-order valence-electron chi connectivity index (χ1n) is 11.5. The molecule has 1 N–H and O–H groups in total. The lowest BCUT2D eigenvalue weighted by Crippen LogP contribution is -2.38. The Morgan fingerprint density at radius 1 is 0.839 bits per heavy atom. The van der Waals surface area contributed by atoms with Crippen molar-refractivity contribution in [2.45, 2.75) is 45.4 Å². The van der Waals surface area contributed by atoms with Gasteiger partial charge in [0.05, 0.1) is 46.2 Å². The molecule has 0 unspecified atom stereocenters. The summed E-state index contributed by atoms with van der Waals surface area (Å²) < 4.78 is 21.4. The highest BCUT2D eigenvalue weighted by Gasteiger charge is 2.33. The molecule has 2 rings (SSSR count). The average molecular weight is 443 g/mol. The van der Waals surface area contributed by atoms with Gasteiger partial charge in [-0.3, -0.25) is 19.3 Å². The zero-order valence-electron chi connectivity index (χ0n) is 18.8. The summed E-state index contributed by atoms with van der Waals surface area (Å²) in [5, 5.41) is 2.93. The van der Waals surface area contributed by atoms with E-state index in [1.54, 1.807) is 0 Å². The van der Waals surface area contributed by atoms with E-state index in [4.69, 9.17) is 18.9 Å². The zero-order valence-corrected chi connectivity index (χ0v) is 18.8. The van der Waals surface area contributed by atoms with E-state index in [9.17, 15) is 14.4 Å². The number of ether oxygens (including phenoxy) is 4. The lowest BCUT2D eigenvalue weighted by Gasteiger charge is -2.30. The molecule has 0 aromatic carbocycles. The summed E-state index contributed by atoms with van der Waals surface area (Å²) in [6, 6.07) is 0. The molecule has 0 aromatic rings. The highest BCUT2D eigenvalue weighted by Crippen LogP contribution is 2.30. The topological polar surface area (TPSA) is 103 Å². The normalized spacial score (nSPS) is 21.6. The fraction of sp³-hybridized carbons (Fsp3) is 0.864. The Hall–Kier alpha value is -1.55. The summed E-state index contributed by atoms with van der Waals surface area (Å²) in [5.74, 6) is 0.277. The van der Waals surface area contributed by atoms with Crippen LogP contribution in [0.15, 0.2) is 0 Å². The van der Waals surface area contributed by atoms with Crippen molar-refractivity contribution in [3.63, 3.8) is 0 Å². The average Bonchev–Trinajstić information content (AvgIpc) is 3.09. The maximum Gasteiger partial charge on any atom is 0.229 e. The van der Waals surface area contributed by atoms with Gasteiger partial charge in [-0.25, -0.2) is 0 Å². The number of carbonyl (C=O) groups excluding carboxylic acids is 3. The molecule has 1 saturated carbocycles. The Labute approximate surface area is 185 Å². The smallest absolute Gasteiger partial charge is 0.229 e. The number of amides is 3. The molecule has 2 aliphatic rings. The highest BCUT2D eigenvalue weighted by molar-refractivity contribution is 6.01. The monoisotopic (exact) mass is 442 g/mol. The number of nitrogens with one attached hydrogen (secondary N) is 1. The van der Waals surface area contributed by atoms with Crippen LogP contribution in [0.3, 0.4) is 0 Å². The van der Waals surface area contributed by atoms with Crippen LogP contribution in [-0.2, 0) is 33.3 Å². The fourth-order valence-electron chi connectivity index (χ4n) is 3.89. The molecule has 1 aliphatic carbocycles. The molecule has 9 heteroatoms. The van der Waals surface area contributed by atoms with Crippen LogP contribution in [0.2, 0.25) is 0 Å². The van der Waals surface area contributed by atoms with Gasteiger partial charge >= 0.3 is 0 Å². The molecular weight excluding hydrogens is 404 g/mol. The minimum Gasteiger partial charge on any atom is -0.379 e. The Morgan fingerprint density at radius 3 is 1.90 bits per heavy atom. The Kier molecular flexibility index (Phi) is 12.7. The summed E-state index contributed by atoms with van der Waals surface area (Å²) in [4.78, 5) is 37.2. The number of likely N-dealkylation sites (tertiary alicyclic amines) is 1. The van der Waals surface area contributed by atoms with Crippen molar-refractivity contribution in [1.82, 2.24) is 10.2 Å². The van der Waals surface area contributed by atoms with Crippen molar-refractivity contribution >= 4 is 17.7 Å². The fourth-order valence-corrected chi connectivity index (χ4v) is 3.89. The minimum absolute atomic E-state index is 0.00675. The Bertz CT molecular complexity index is 534. The first kappa shape index (κ1) is 25.7. The largest absolute Gasteiger partial charge is 0.379 e. The SMILES string of the molecule is CCOCCOCCOCCOCCNC(=O)C1CCC(CN2C(=O)CCC2=O)CC1. The van der Waals surface area contributed by atoms with Crippen molar-refractivity contribution in [3.8, 4) is 0 Å². The van der Waals surface area contributed by atoms with Gasteiger partial charge in [-0.05, 0) is 38.5 Å². The molecule has 0 aromatic heterocycles. The van der Waals surface area contributed by atoms with Gasteiger partial charge in [-0.15, -0.1) is 0 Å². The van der Waals surface area contributed by atoms with E-state index in [0.717, 1.165) is 25.7 Å². The number of imide groups is 1. The second-order valence-electron chi connectivity index (χ2n) is 7.94. The van der Waals surface area contributed by atoms with Gasteiger partial charge in [0, 0.05) is 38.5 Å². The van der Waals surface area contributed by atoms with E-state index < -0.39 is 0 Å². The van der Waals surface area contributed by atoms with Crippen LogP contribution in [0.25, 0.3) is 0 Å². The zero-order chi connectivity index (χ0) is 22.3. The van der Waals surface area contributed by atoms with Gasteiger partial charge in [0.25, 0.3) is 0 Å². The van der Waals surface area contributed by atoms with Crippen molar-refractivity contribution in [2.75, 3.05) is 65.9 Å². The number of rotatable bonds is 16. The third kappa shape index (κ3) is 10.1. The van der Waals surface area contributed by atoms with Crippen LogP contribution in [0.1, 0.15) is 45.4 Å². The molecular formula is C22H38N2O7. The van der Waals surface area contributed by atoms with E-state index in [1.807, 2.05) is 6.92 Å². The van der Waals surface area contributed by atoms with Gasteiger partial charge < -0.3 is 24.3 Å². The van der Waals surface area contributed by atoms with Crippen molar-refractivity contribution in [3.05, 3.63) is 0 Å². The molecule has 1 saturated heterocycles. The van der Waals surface area contributed by atoms with Gasteiger partial charge in [0.2, 0.25) is 17.7 Å². The van der Waals surface area contributed by atoms with E-state index in [-0.39, 0.29) is 23.6 Å². The van der Waals surface area contributed by atoms with Crippen LogP contribution in [0, 0.1) is 11.8 Å². The van der Waals surface area contributed by atoms with Crippen LogP contribution in [-0.4, -0.2) is 88.6 Å². The molecule has 0 spiro atoms. The van der Waals surface area contributed by atoms with E-state index in [1.165, 1.54) is 4.90 Å². The van der Waals surface area contributed by atoms with Crippen molar-refractivity contribution in [1.29, 1.82) is 0 Å². The molecule has 2 fully saturated rings. The lowest BCUT2D eigenvalue weighted by molar-refractivity contribution is -0.139. The van der Waals surface area contributed by atoms with E-state index in [2.05, 4.69) is 5.32 Å². The molecule has 0 bridgehead atoms. The van der Waals surface area contributed by atoms with Gasteiger partial charge in [-0.1, -0.05) is 0 Å². The van der Waals surface area contributed by atoms with Crippen LogP contribution in [0.4, 0.5) is 0 Å². The number of hydrogen-bond donors (Lipinski definition) is 1. The Morgan fingerprint density at radius 2 is 1.35 bits per heavy atom.